The standard InChI is InChI=1S/C16H27N5O/c1-12(2)21-8-5-6-16(15(21)22)7-9-20(11-16)10-14-17-13(3)18-19(14)4/h12H,5-11H2,1-4H3/t16-/m0/s1. The van der Waals surface area contributed by atoms with Gasteiger partial charge in [0.05, 0.1) is 12.0 Å². The Balaban J connectivity index is 1.71. The predicted molar refractivity (Wildman–Crippen MR) is 84.2 cm³/mol. The van der Waals surface area contributed by atoms with Crippen LogP contribution >= 0.6 is 0 Å². The molecule has 1 amide bonds. The highest BCUT2D eigenvalue weighted by Crippen LogP contribution is 2.40. The molecule has 2 fully saturated rings. The summed E-state index contributed by atoms with van der Waals surface area (Å²) >= 11 is 0. The van der Waals surface area contributed by atoms with Gasteiger partial charge < -0.3 is 4.90 Å². The van der Waals surface area contributed by atoms with Crippen molar-refractivity contribution in [3.63, 3.8) is 0 Å². The lowest BCUT2D eigenvalue weighted by molar-refractivity contribution is -0.147. The highest BCUT2D eigenvalue weighted by molar-refractivity contribution is 5.84. The summed E-state index contributed by atoms with van der Waals surface area (Å²) in [4.78, 5) is 21.8. The molecule has 1 aromatic heterocycles. The van der Waals surface area contributed by atoms with Crippen LogP contribution in [-0.2, 0) is 18.4 Å². The summed E-state index contributed by atoms with van der Waals surface area (Å²) in [6, 6.07) is 0.306. The number of nitrogens with zero attached hydrogens (tertiary/aromatic N) is 5. The number of aromatic nitrogens is 3. The molecule has 2 saturated heterocycles. The van der Waals surface area contributed by atoms with Gasteiger partial charge in [0.2, 0.25) is 5.91 Å². The topological polar surface area (TPSA) is 54.3 Å². The number of carbonyl (C=O) groups is 1. The largest absolute Gasteiger partial charge is 0.340 e. The van der Waals surface area contributed by atoms with Crippen molar-refractivity contribution in [1.29, 1.82) is 0 Å². The number of amides is 1. The van der Waals surface area contributed by atoms with E-state index in [-0.39, 0.29) is 5.41 Å². The summed E-state index contributed by atoms with van der Waals surface area (Å²) in [5.41, 5.74) is -0.157. The van der Waals surface area contributed by atoms with E-state index in [1.54, 1.807) is 0 Å². The Bertz CT molecular complexity index is 567. The third-order valence-electron chi connectivity index (χ3n) is 5.15. The SMILES string of the molecule is Cc1nc(CN2CC[C@@]3(CCCN(C(C)C)C3=O)C2)n(C)n1. The van der Waals surface area contributed by atoms with E-state index >= 15 is 0 Å². The lowest BCUT2D eigenvalue weighted by Gasteiger charge is -2.41. The molecule has 1 aromatic rings. The van der Waals surface area contributed by atoms with Gasteiger partial charge in [-0.3, -0.25) is 14.4 Å². The zero-order valence-corrected chi connectivity index (χ0v) is 14.2. The molecule has 0 radical (unpaired) electrons. The van der Waals surface area contributed by atoms with Crippen molar-refractivity contribution in [1.82, 2.24) is 24.6 Å². The molecule has 22 heavy (non-hydrogen) atoms. The molecule has 122 valence electrons. The highest BCUT2D eigenvalue weighted by Gasteiger charge is 2.48. The van der Waals surface area contributed by atoms with Crippen molar-refractivity contribution in [2.75, 3.05) is 19.6 Å². The fourth-order valence-electron chi connectivity index (χ4n) is 3.96. The second kappa shape index (κ2) is 5.65. The van der Waals surface area contributed by atoms with Crippen molar-refractivity contribution >= 4 is 5.91 Å². The average molecular weight is 305 g/mol. The Labute approximate surface area is 132 Å². The molecule has 1 atom stereocenters. The fourth-order valence-corrected chi connectivity index (χ4v) is 3.96. The van der Waals surface area contributed by atoms with Gasteiger partial charge in [0.1, 0.15) is 11.6 Å². The smallest absolute Gasteiger partial charge is 0.230 e. The van der Waals surface area contributed by atoms with Gasteiger partial charge in [-0.25, -0.2) is 4.98 Å². The highest BCUT2D eigenvalue weighted by atomic mass is 16.2. The van der Waals surface area contributed by atoms with E-state index in [1.807, 2.05) is 18.7 Å². The third-order valence-corrected chi connectivity index (χ3v) is 5.15. The summed E-state index contributed by atoms with van der Waals surface area (Å²) in [5, 5.41) is 4.31. The zero-order chi connectivity index (χ0) is 15.9. The lowest BCUT2D eigenvalue weighted by Crippen LogP contribution is -2.52. The molecule has 6 nitrogen and oxygen atoms in total. The first kappa shape index (κ1) is 15.5. The van der Waals surface area contributed by atoms with Crippen LogP contribution in [-0.4, -0.2) is 56.1 Å². The summed E-state index contributed by atoms with van der Waals surface area (Å²) in [5.74, 6) is 2.16. The summed E-state index contributed by atoms with van der Waals surface area (Å²) in [6.07, 6.45) is 3.14. The van der Waals surface area contributed by atoms with Gasteiger partial charge in [0, 0.05) is 26.2 Å². The number of hydrogen-bond donors (Lipinski definition) is 0. The monoisotopic (exact) mass is 305 g/mol. The van der Waals surface area contributed by atoms with Crippen LogP contribution in [0.2, 0.25) is 0 Å². The zero-order valence-electron chi connectivity index (χ0n) is 14.2. The minimum Gasteiger partial charge on any atom is -0.340 e. The molecule has 2 aliphatic heterocycles. The molecule has 3 rings (SSSR count). The summed E-state index contributed by atoms with van der Waals surface area (Å²) in [6.45, 7) is 9.69. The van der Waals surface area contributed by atoms with Gasteiger partial charge in [-0.2, -0.15) is 5.10 Å². The van der Waals surface area contributed by atoms with Gasteiger partial charge in [-0.1, -0.05) is 0 Å². The number of rotatable bonds is 3. The first-order valence-electron chi connectivity index (χ1n) is 8.31. The van der Waals surface area contributed by atoms with E-state index < -0.39 is 0 Å². The maximum atomic E-state index is 12.9. The van der Waals surface area contributed by atoms with Gasteiger partial charge in [0.25, 0.3) is 0 Å². The second-order valence-electron chi connectivity index (χ2n) is 7.14. The molecule has 0 aliphatic carbocycles. The van der Waals surface area contributed by atoms with Crippen LogP contribution in [0.1, 0.15) is 44.8 Å². The van der Waals surface area contributed by atoms with Crippen LogP contribution in [0.3, 0.4) is 0 Å². The number of piperidine rings is 1. The summed E-state index contributed by atoms with van der Waals surface area (Å²) < 4.78 is 1.85. The Morgan fingerprint density at radius 1 is 1.27 bits per heavy atom. The second-order valence-corrected chi connectivity index (χ2v) is 7.14. The molecular weight excluding hydrogens is 278 g/mol. The van der Waals surface area contributed by atoms with E-state index in [9.17, 15) is 4.79 Å². The fraction of sp³-hybridized carbons (Fsp3) is 0.812. The van der Waals surface area contributed by atoms with Gasteiger partial charge in [0.15, 0.2) is 0 Å². The number of aryl methyl sites for hydroxylation is 2. The van der Waals surface area contributed by atoms with Crippen molar-refractivity contribution in [3.8, 4) is 0 Å². The van der Waals surface area contributed by atoms with E-state index in [1.165, 1.54) is 0 Å². The van der Waals surface area contributed by atoms with Crippen molar-refractivity contribution in [2.45, 2.75) is 52.6 Å². The van der Waals surface area contributed by atoms with Gasteiger partial charge >= 0.3 is 0 Å². The molecule has 3 heterocycles. The molecule has 0 aromatic carbocycles. The Hall–Kier alpha value is -1.43. The first-order valence-corrected chi connectivity index (χ1v) is 8.31. The van der Waals surface area contributed by atoms with Crippen molar-refractivity contribution < 1.29 is 4.79 Å². The van der Waals surface area contributed by atoms with Crippen LogP contribution < -0.4 is 0 Å². The molecule has 2 aliphatic rings. The minimum absolute atomic E-state index is 0.157. The maximum absolute atomic E-state index is 12.9. The molecule has 6 heteroatoms. The predicted octanol–water partition coefficient (Wildman–Crippen LogP) is 1.35. The Morgan fingerprint density at radius 2 is 2.05 bits per heavy atom. The van der Waals surface area contributed by atoms with E-state index in [4.69, 9.17) is 0 Å². The molecule has 1 spiro atoms. The van der Waals surface area contributed by atoms with Crippen molar-refractivity contribution in [2.24, 2.45) is 12.5 Å². The van der Waals surface area contributed by atoms with Gasteiger partial charge in [-0.05, 0) is 46.6 Å². The number of likely N-dealkylation sites (tertiary alicyclic amines) is 2. The lowest BCUT2D eigenvalue weighted by atomic mass is 9.78. The molecular formula is C16H27N5O. The third kappa shape index (κ3) is 2.64. The summed E-state index contributed by atoms with van der Waals surface area (Å²) in [7, 11) is 1.94. The van der Waals surface area contributed by atoms with Crippen LogP contribution in [0, 0.1) is 12.3 Å². The minimum atomic E-state index is -0.157. The Kier molecular flexibility index (Phi) is 3.97. The quantitative estimate of drug-likeness (QED) is 0.846. The van der Waals surface area contributed by atoms with E-state index in [0.717, 1.165) is 57.1 Å². The van der Waals surface area contributed by atoms with Gasteiger partial charge in [-0.15, -0.1) is 0 Å². The molecule has 0 unspecified atom stereocenters. The van der Waals surface area contributed by atoms with E-state index in [2.05, 4.69) is 33.7 Å². The molecule has 0 saturated carbocycles. The number of hydrogen-bond acceptors (Lipinski definition) is 4. The molecule has 0 N–H and O–H groups in total. The average Bonchev–Trinajstić information content (AvgIpc) is 2.98. The van der Waals surface area contributed by atoms with Crippen LogP contribution in [0.5, 0.6) is 0 Å². The van der Waals surface area contributed by atoms with Crippen LogP contribution in [0.15, 0.2) is 0 Å². The van der Waals surface area contributed by atoms with Crippen molar-refractivity contribution in [3.05, 3.63) is 11.6 Å². The normalized spacial score (nSPS) is 26.6. The first-order chi connectivity index (χ1) is 10.4. The molecule has 0 bridgehead atoms. The van der Waals surface area contributed by atoms with E-state index in [0.29, 0.717) is 11.9 Å². The number of carbonyl (C=O) groups excluding carboxylic acids is 1. The Morgan fingerprint density at radius 3 is 2.68 bits per heavy atom. The maximum Gasteiger partial charge on any atom is 0.230 e. The van der Waals surface area contributed by atoms with Crippen LogP contribution in [0.25, 0.3) is 0 Å². The van der Waals surface area contributed by atoms with Crippen LogP contribution in [0.4, 0.5) is 0 Å².